The first kappa shape index (κ1) is 16.7. The molecule has 1 amide bonds. The van der Waals surface area contributed by atoms with Crippen LogP contribution in [0.4, 0.5) is 5.69 Å². The van der Waals surface area contributed by atoms with Gasteiger partial charge in [0.05, 0.1) is 4.92 Å². The number of carbonyl (C=O) groups is 1. The number of hydrogen-bond donors (Lipinski definition) is 2. The third-order valence-corrected chi connectivity index (χ3v) is 3.44. The minimum Gasteiger partial charge on any atom is -0.350 e. The van der Waals surface area contributed by atoms with Gasteiger partial charge in [-0.25, -0.2) is 0 Å². The molecule has 0 saturated heterocycles. The molecule has 1 aromatic rings. The number of benzene rings is 1. The Morgan fingerprint density at radius 1 is 1.55 bits per heavy atom. The minimum atomic E-state index is -0.655. The lowest BCUT2D eigenvalue weighted by molar-refractivity contribution is -0.385. The van der Waals surface area contributed by atoms with Crippen molar-refractivity contribution in [2.24, 2.45) is 11.7 Å². The Morgan fingerprint density at radius 3 is 2.75 bits per heavy atom. The standard InChI is InChI=1S/C12H14ClN3O3.ClH/c13-9-3-1-2-8(11(9)16(18)19)12(17)15-6-10(14)7-4-5-7;/h1-3,7,10H,4-6,14H2,(H,15,17);1H. The molecule has 0 spiro atoms. The lowest BCUT2D eigenvalue weighted by Crippen LogP contribution is -2.38. The maximum absolute atomic E-state index is 11.9. The molecule has 3 N–H and O–H groups in total. The average molecular weight is 320 g/mol. The number of rotatable bonds is 5. The number of nitro benzene ring substituents is 1. The van der Waals surface area contributed by atoms with E-state index in [4.69, 9.17) is 17.3 Å². The van der Waals surface area contributed by atoms with Gasteiger partial charge in [0.2, 0.25) is 0 Å². The van der Waals surface area contributed by atoms with Crippen molar-refractivity contribution in [1.82, 2.24) is 5.32 Å². The van der Waals surface area contributed by atoms with Gasteiger partial charge in [-0.1, -0.05) is 17.7 Å². The second-order valence-corrected chi connectivity index (χ2v) is 5.01. The van der Waals surface area contributed by atoms with Crippen molar-refractivity contribution in [3.63, 3.8) is 0 Å². The van der Waals surface area contributed by atoms with Crippen LogP contribution in [0.1, 0.15) is 23.2 Å². The summed E-state index contributed by atoms with van der Waals surface area (Å²) in [6.07, 6.45) is 2.16. The number of nitro groups is 1. The third-order valence-electron chi connectivity index (χ3n) is 3.14. The topological polar surface area (TPSA) is 98.3 Å². The first-order chi connectivity index (χ1) is 9.00. The molecular weight excluding hydrogens is 305 g/mol. The highest BCUT2D eigenvalue weighted by atomic mass is 35.5. The summed E-state index contributed by atoms with van der Waals surface area (Å²) in [4.78, 5) is 22.2. The van der Waals surface area contributed by atoms with Crippen LogP contribution in [0.2, 0.25) is 5.02 Å². The molecule has 1 aromatic carbocycles. The van der Waals surface area contributed by atoms with Crippen molar-refractivity contribution >= 4 is 35.6 Å². The molecule has 0 radical (unpaired) electrons. The molecule has 0 aliphatic heterocycles. The van der Waals surface area contributed by atoms with Crippen LogP contribution in [-0.4, -0.2) is 23.4 Å². The molecule has 6 nitrogen and oxygen atoms in total. The van der Waals surface area contributed by atoms with Crippen LogP contribution in [0, 0.1) is 16.0 Å². The second kappa shape index (κ2) is 6.88. The van der Waals surface area contributed by atoms with Crippen molar-refractivity contribution in [3.05, 3.63) is 38.9 Å². The molecule has 1 unspecified atom stereocenters. The summed E-state index contributed by atoms with van der Waals surface area (Å²) in [5.41, 5.74) is 5.44. The fourth-order valence-corrected chi connectivity index (χ4v) is 2.12. The van der Waals surface area contributed by atoms with Crippen LogP contribution in [0.25, 0.3) is 0 Å². The van der Waals surface area contributed by atoms with Crippen LogP contribution >= 0.6 is 24.0 Å². The van der Waals surface area contributed by atoms with Gasteiger partial charge in [-0.3, -0.25) is 14.9 Å². The molecule has 1 aliphatic rings. The minimum absolute atomic E-state index is 0. The van der Waals surface area contributed by atoms with Crippen molar-refractivity contribution in [2.75, 3.05) is 6.54 Å². The Balaban J connectivity index is 0.00000200. The normalized spacial score (nSPS) is 15.1. The van der Waals surface area contributed by atoms with E-state index >= 15 is 0 Å². The predicted octanol–water partition coefficient (Wildman–Crippen LogP) is 2.14. The van der Waals surface area contributed by atoms with Crippen LogP contribution in [0.15, 0.2) is 18.2 Å². The maximum atomic E-state index is 11.9. The molecule has 0 bridgehead atoms. The van der Waals surface area contributed by atoms with E-state index in [1.807, 2.05) is 0 Å². The van der Waals surface area contributed by atoms with Crippen LogP contribution < -0.4 is 11.1 Å². The fourth-order valence-electron chi connectivity index (χ4n) is 1.88. The summed E-state index contributed by atoms with van der Waals surface area (Å²) in [5.74, 6) is -0.0695. The van der Waals surface area contributed by atoms with Gasteiger partial charge in [-0.05, 0) is 30.9 Å². The predicted molar refractivity (Wildman–Crippen MR) is 78.4 cm³/mol. The lowest BCUT2D eigenvalue weighted by Gasteiger charge is -2.11. The van der Waals surface area contributed by atoms with E-state index in [9.17, 15) is 14.9 Å². The van der Waals surface area contributed by atoms with Crippen molar-refractivity contribution in [2.45, 2.75) is 18.9 Å². The van der Waals surface area contributed by atoms with Gasteiger partial charge >= 0.3 is 5.69 Å². The van der Waals surface area contributed by atoms with E-state index in [2.05, 4.69) is 5.32 Å². The number of hydrogen-bond acceptors (Lipinski definition) is 4. The molecule has 1 aliphatic carbocycles. The molecule has 0 aromatic heterocycles. The molecular formula is C12H15Cl2N3O3. The van der Waals surface area contributed by atoms with Gasteiger partial charge in [0.25, 0.3) is 5.91 Å². The van der Waals surface area contributed by atoms with Gasteiger partial charge in [-0.2, -0.15) is 0 Å². The van der Waals surface area contributed by atoms with Crippen molar-refractivity contribution in [1.29, 1.82) is 0 Å². The van der Waals surface area contributed by atoms with Gasteiger partial charge in [0, 0.05) is 12.6 Å². The van der Waals surface area contributed by atoms with Gasteiger partial charge in [-0.15, -0.1) is 12.4 Å². The van der Waals surface area contributed by atoms with E-state index in [0.717, 1.165) is 12.8 Å². The van der Waals surface area contributed by atoms with Crippen LogP contribution in [0.5, 0.6) is 0 Å². The van der Waals surface area contributed by atoms with E-state index in [0.29, 0.717) is 12.5 Å². The first-order valence-electron chi connectivity index (χ1n) is 5.97. The summed E-state index contributed by atoms with van der Waals surface area (Å²) in [7, 11) is 0. The van der Waals surface area contributed by atoms with E-state index < -0.39 is 10.8 Å². The van der Waals surface area contributed by atoms with Gasteiger partial charge in [0.15, 0.2) is 0 Å². The zero-order valence-corrected chi connectivity index (χ0v) is 12.1. The number of nitrogens with one attached hydrogen (secondary N) is 1. The first-order valence-corrected chi connectivity index (χ1v) is 6.35. The summed E-state index contributed by atoms with van der Waals surface area (Å²) < 4.78 is 0. The zero-order valence-electron chi connectivity index (χ0n) is 10.5. The Bertz CT molecular complexity index is 521. The smallest absolute Gasteiger partial charge is 0.300 e. The van der Waals surface area contributed by atoms with Crippen molar-refractivity contribution < 1.29 is 9.72 Å². The molecule has 1 fully saturated rings. The molecule has 8 heteroatoms. The number of amides is 1. The molecule has 1 saturated carbocycles. The SMILES string of the molecule is Cl.NC(CNC(=O)c1cccc(Cl)c1[N+](=O)[O-])C1CC1. The molecule has 0 heterocycles. The Labute approximate surface area is 127 Å². The molecule has 110 valence electrons. The highest BCUT2D eigenvalue weighted by Crippen LogP contribution is 2.31. The number of halogens is 2. The Kier molecular flexibility index (Phi) is 5.74. The molecule has 20 heavy (non-hydrogen) atoms. The van der Waals surface area contributed by atoms with E-state index in [-0.39, 0.29) is 34.7 Å². The highest BCUT2D eigenvalue weighted by Gasteiger charge is 2.29. The zero-order chi connectivity index (χ0) is 14.0. The summed E-state index contributed by atoms with van der Waals surface area (Å²) in [5, 5.41) is 13.5. The van der Waals surface area contributed by atoms with E-state index in [1.54, 1.807) is 0 Å². The van der Waals surface area contributed by atoms with Gasteiger partial charge in [0.1, 0.15) is 10.6 Å². The maximum Gasteiger partial charge on any atom is 0.300 e. The van der Waals surface area contributed by atoms with Crippen molar-refractivity contribution in [3.8, 4) is 0 Å². The molecule has 2 rings (SSSR count). The Hall–Kier alpha value is -1.37. The summed E-state index contributed by atoms with van der Waals surface area (Å²) in [6, 6.07) is 4.17. The third kappa shape index (κ3) is 3.82. The highest BCUT2D eigenvalue weighted by molar-refractivity contribution is 6.33. The number of nitrogens with zero attached hydrogens (tertiary/aromatic N) is 1. The number of nitrogens with two attached hydrogens (primary N) is 1. The summed E-state index contributed by atoms with van der Waals surface area (Å²) >= 11 is 5.75. The summed E-state index contributed by atoms with van der Waals surface area (Å²) in [6.45, 7) is 0.313. The average Bonchev–Trinajstić information content (AvgIpc) is 3.18. The Morgan fingerprint density at radius 2 is 2.20 bits per heavy atom. The van der Waals surface area contributed by atoms with Crippen LogP contribution in [0.3, 0.4) is 0 Å². The fraction of sp³-hybridized carbons (Fsp3) is 0.417. The second-order valence-electron chi connectivity index (χ2n) is 4.60. The number of carbonyl (C=O) groups excluding carboxylic acids is 1. The largest absolute Gasteiger partial charge is 0.350 e. The van der Waals surface area contributed by atoms with Crippen LogP contribution in [-0.2, 0) is 0 Å². The van der Waals surface area contributed by atoms with E-state index in [1.165, 1.54) is 18.2 Å². The lowest BCUT2D eigenvalue weighted by atomic mass is 10.1. The molecule has 1 atom stereocenters. The quantitative estimate of drug-likeness (QED) is 0.641. The monoisotopic (exact) mass is 319 g/mol. The number of para-hydroxylation sites is 1. The van der Waals surface area contributed by atoms with Gasteiger partial charge < -0.3 is 11.1 Å².